The molecule has 0 saturated carbocycles. The number of methoxy groups -OCH3 is 1. The van der Waals surface area contributed by atoms with Crippen LogP contribution in [0.1, 0.15) is 17.3 Å². The van der Waals surface area contributed by atoms with E-state index in [-0.39, 0.29) is 18.2 Å². The number of pyridine rings is 1. The van der Waals surface area contributed by atoms with Gasteiger partial charge in [0.2, 0.25) is 5.56 Å². The van der Waals surface area contributed by atoms with Crippen LogP contribution in [0, 0.1) is 5.82 Å². The van der Waals surface area contributed by atoms with Crippen molar-refractivity contribution >= 4 is 16.8 Å². The number of H-pyrrole nitrogens is 1. The zero-order valence-corrected chi connectivity index (χ0v) is 14.9. The van der Waals surface area contributed by atoms with Crippen LogP contribution in [-0.4, -0.2) is 30.6 Å². The number of fused-ring (bicyclic) bond motifs is 1. The van der Waals surface area contributed by atoms with Crippen molar-refractivity contribution in [3.8, 4) is 11.5 Å². The standard InChI is InChI=1S/C20H19FN2O4/c1-12(27-18-6-4-3-5-17(18)26-2)11-22-20(25)15-10-19(24)23-16-8-7-13(21)9-14(15)16/h3-10,12H,11H2,1-2H3,(H,22,25)(H,23,24)/t12-/m1/s1. The van der Waals surface area contributed by atoms with E-state index in [1.807, 2.05) is 12.1 Å². The molecule has 140 valence electrons. The number of ether oxygens (including phenoxy) is 2. The van der Waals surface area contributed by atoms with E-state index in [0.717, 1.165) is 6.07 Å². The summed E-state index contributed by atoms with van der Waals surface area (Å²) >= 11 is 0. The van der Waals surface area contributed by atoms with Gasteiger partial charge in [-0.25, -0.2) is 4.39 Å². The number of hydrogen-bond acceptors (Lipinski definition) is 4. The van der Waals surface area contributed by atoms with E-state index in [2.05, 4.69) is 10.3 Å². The summed E-state index contributed by atoms with van der Waals surface area (Å²) in [6.45, 7) is 1.99. The SMILES string of the molecule is COc1ccccc1O[C@H](C)CNC(=O)c1cc(=O)[nH]c2ccc(F)cc12. The number of halogens is 1. The largest absolute Gasteiger partial charge is 0.493 e. The molecule has 3 rings (SSSR count). The van der Waals surface area contributed by atoms with Gasteiger partial charge in [-0.2, -0.15) is 0 Å². The summed E-state index contributed by atoms with van der Waals surface area (Å²) in [5.41, 5.74) is 0.0719. The van der Waals surface area contributed by atoms with Crippen molar-refractivity contribution in [3.63, 3.8) is 0 Å². The highest BCUT2D eigenvalue weighted by molar-refractivity contribution is 6.05. The summed E-state index contributed by atoms with van der Waals surface area (Å²) in [7, 11) is 1.55. The minimum atomic E-state index is -0.489. The average molecular weight is 370 g/mol. The number of benzene rings is 2. The molecular weight excluding hydrogens is 351 g/mol. The number of aromatic nitrogens is 1. The van der Waals surface area contributed by atoms with Crippen LogP contribution in [0.2, 0.25) is 0 Å². The van der Waals surface area contributed by atoms with E-state index in [0.29, 0.717) is 22.4 Å². The molecule has 27 heavy (non-hydrogen) atoms. The van der Waals surface area contributed by atoms with Crippen LogP contribution in [-0.2, 0) is 0 Å². The van der Waals surface area contributed by atoms with Gasteiger partial charge in [-0.3, -0.25) is 9.59 Å². The number of carbonyl (C=O) groups is 1. The van der Waals surface area contributed by atoms with Gasteiger partial charge in [-0.15, -0.1) is 0 Å². The van der Waals surface area contributed by atoms with E-state index in [1.54, 1.807) is 26.2 Å². The first-order valence-corrected chi connectivity index (χ1v) is 8.38. The number of hydrogen-bond donors (Lipinski definition) is 2. The molecule has 3 aromatic rings. The molecule has 6 nitrogen and oxygen atoms in total. The van der Waals surface area contributed by atoms with Crippen molar-refractivity contribution in [2.24, 2.45) is 0 Å². The minimum Gasteiger partial charge on any atom is -0.493 e. The van der Waals surface area contributed by atoms with Crippen LogP contribution in [0.5, 0.6) is 11.5 Å². The molecule has 0 aliphatic heterocycles. The van der Waals surface area contributed by atoms with Gasteiger partial charge in [-0.1, -0.05) is 12.1 Å². The van der Waals surface area contributed by atoms with Crippen LogP contribution in [0.15, 0.2) is 53.3 Å². The molecule has 0 saturated heterocycles. The summed E-state index contributed by atoms with van der Waals surface area (Å²) in [6.07, 6.45) is -0.352. The second-order valence-corrected chi connectivity index (χ2v) is 6.03. The zero-order valence-electron chi connectivity index (χ0n) is 14.9. The number of rotatable bonds is 6. The van der Waals surface area contributed by atoms with E-state index >= 15 is 0 Å². The van der Waals surface area contributed by atoms with Gasteiger partial charge in [0.05, 0.1) is 19.2 Å². The van der Waals surface area contributed by atoms with Crippen LogP contribution in [0.25, 0.3) is 10.9 Å². The maximum Gasteiger partial charge on any atom is 0.252 e. The summed E-state index contributed by atoms with van der Waals surface area (Å²) in [6, 6.07) is 12.2. The molecule has 1 atom stereocenters. The molecule has 0 spiro atoms. The van der Waals surface area contributed by atoms with Gasteiger partial charge in [0.25, 0.3) is 5.91 Å². The van der Waals surface area contributed by atoms with Gasteiger partial charge in [0.15, 0.2) is 11.5 Å². The highest BCUT2D eigenvalue weighted by Gasteiger charge is 2.15. The Labute approximate surface area is 154 Å². The maximum atomic E-state index is 13.6. The van der Waals surface area contributed by atoms with Crippen LogP contribution in [0.3, 0.4) is 0 Å². The van der Waals surface area contributed by atoms with Crippen molar-refractivity contribution in [2.45, 2.75) is 13.0 Å². The Morgan fingerprint density at radius 1 is 1.19 bits per heavy atom. The third kappa shape index (κ3) is 4.25. The smallest absolute Gasteiger partial charge is 0.252 e. The predicted molar refractivity (Wildman–Crippen MR) is 99.9 cm³/mol. The number of amides is 1. The first-order chi connectivity index (χ1) is 13.0. The van der Waals surface area contributed by atoms with Crippen LogP contribution < -0.4 is 20.3 Å². The molecule has 7 heteroatoms. The van der Waals surface area contributed by atoms with E-state index in [9.17, 15) is 14.0 Å². The monoisotopic (exact) mass is 370 g/mol. The second kappa shape index (κ2) is 7.90. The van der Waals surface area contributed by atoms with Gasteiger partial charge in [0, 0.05) is 17.0 Å². The summed E-state index contributed by atoms with van der Waals surface area (Å²) in [5.74, 6) is 0.181. The minimum absolute atomic E-state index is 0.109. The highest BCUT2D eigenvalue weighted by Crippen LogP contribution is 2.26. The van der Waals surface area contributed by atoms with E-state index < -0.39 is 17.3 Å². The first-order valence-electron chi connectivity index (χ1n) is 8.38. The average Bonchev–Trinajstić information content (AvgIpc) is 2.66. The molecule has 0 aliphatic carbocycles. The fraction of sp³-hybridized carbons (Fsp3) is 0.200. The quantitative estimate of drug-likeness (QED) is 0.699. The van der Waals surface area contributed by atoms with E-state index in [1.165, 1.54) is 18.2 Å². The zero-order chi connectivity index (χ0) is 19.4. The molecule has 0 fully saturated rings. The lowest BCUT2D eigenvalue weighted by atomic mass is 10.1. The lowest BCUT2D eigenvalue weighted by Gasteiger charge is -2.17. The van der Waals surface area contributed by atoms with Crippen LogP contribution >= 0.6 is 0 Å². The Kier molecular flexibility index (Phi) is 5.40. The third-order valence-corrected chi connectivity index (χ3v) is 4.00. The summed E-state index contributed by atoms with van der Waals surface area (Å²) < 4.78 is 24.6. The molecule has 1 heterocycles. The molecule has 1 aromatic heterocycles. The second-order valence-electron chi connectivity index (χ2n) is 6.03. The number of carbonyl (C=O) groups excluding carboxylic acids is 1. The number of para-hydroxylation sites is 2. The van der Waals surface area contributed by atoms with Crippen molar-refractivity contribution < 1.29 is 18.7 Å². The summed E-state index contributed by atoms with van der Waals surface area (Å²) in [5, 5.41) is 3.05. The highest BCUT2D eigenvalue weighted by atomic mass is 19.1. The molecule has 0 unspecified atom stereocenters. The maximum absolute atomic E-state index is 13.6. The number of nitrogens with one attached hydrogen (secondary N) is 2. The number of aromatic amines is 1. The summed E-state index contributed by atoms with van der Waals surface area (Å²) in [4.78, 5) is 26.9. The molecule has 2 aromatic carbocycles. The molecule has 0 aliphatic rings. The van der Waals surface area contributed by atoms with Crippen LogP contribution in [0.4, 0.5) is 4.39 Å². The molecule has 0 radical (unpaired) electrons. The van der Waals surface area contributed by atoms with Crippen molar-refractivity contribution in [1.82, 2.24) is 10.3 Å². The fourth-order valence-corrected chi connectivity index (χ4v) is 2.72. The fourth-order valence-electron chi connectivity index (χ4n) is 2.72. The normalized spacial score (nSPS) is 11.8. The topological polar surface area (TPSA) is 80.4 Å². The Morgan fingerprint density at radius 2 is 1.93 bits per heavy atom. The Hall–Kier alpha value is -3.35. The van der Waals surface area contributed by atoms with Gasteiger partial charge < -0.3 is 19.8 Å². The Bertz CT molecular complexity index is 1030. The van der Waals surface area contributed by atoms with E-state index in [4.69, 9.17) is 9.47 Å². The lowest BCUT2D eigenvalue weighted by Crippen LogP contribution is -2.34. The molecular formula is C20H19FN2O4. The van der Waals surface area contributed by atoms with Crippen molar-refractivity contribution in [3.05, 3.63) is 70.3 Å². The molecule has 1 amide bonds. The van der Waals surface area contributed by atoms with Gasteiger partial charge in [0.1, 0.15) is 11.9 Å². The predicted octanol–water partition coefficient (Wildman–Crippen LogP) is 2.87. The first kappa shape index (κ1) is 18.4. The van der Waals surface area contributed by atoms with Crippen molar-refractivity contribution in [2.75, 3.05) is 13.7 Å². The van der Waals surface area contributed by atoms with Gasteiger partial charge in [-0.05, 0) is 37.3 Å². The Balaban J connectivity index is 1.73. The lowest BCUT2D eigenvalue weighted by molar-refractivity contribution is 0.0933. The molecule has 0 bridgehead atoms. The Morgan fingerprint density at radius 3 is 2.67 bits per heavy atom. The van der Waals surface area contributed by atoms with Gasteiger partial charge >= 0.3 is 0 Å². The third-order valence-electron chi connectivity index (χ3n) is 4.00. The van der Waals surface area contributed by atoms with Crippen molar-refractivity contribution in [1.29, 1.82) is 0 Å². The molecule has 2 N–H and O–H groups in total.